The van der Waals surface area contributed by atoms with Gasteiger partial charge >= 0.3 is 0 Å². The van der Waals surface area contributed by atoms with Crippen LogP contribution in [-0.4, -0.2) is 26.4 Å². The van der Waals surface area contributed by atoms with Gasteiger partial charge in [0.15, 0.2) is 5.58 Å². The molecule has 0 N–H and O–H groups in total. The van der Waals surface area contributed by atoms with Crippen molar-refractivity contribution >= 4 is 11.1 Å². The molecule has 0 bridgehead atoms. The average molecular weight is 392 g/mol. The summed E-state index contributed by atoms with van der Waals surface area (Å²) in [4.78, 5) is 20.3. The van der Waals surface area contributed by atoms with Crippen LogP contribution in [0.2, 0.25) is 0 Å². The van der Waals surface area contributed by atoms with Crippen LogP contribution in [0.3, 0.4) is 0 Å². The maximum Gasteiger partial charge on any atom is 0.266 e. The molecule has 3 aromatic heterocycles. The summed E-state index contributed by atoms with van der Waals surface area (Å²) in [5, 5.41) is 4.16. The van der Waals surface area contributed by atoms with Crippen molar-refractivity contribution in [3.05, 3.63) is 64.7 Å². The first-order chi connectivity index (χ1) is 14.1. The maximum atomic E-state index is 11.5. The largest absolute Gasteiger partial charge is 0.492 e. The number of aromatic nitrogens is 4. The molecule has 29 heavy (non-hydrogen) atoms. The van der Waals surface area contributed by atoms with E-state index in [4.69, 9.17) is 13.9 Å². The Balaban J connectivity index is 1.47. The van der Waals surface area contributed by atoms with E-state index in [1.54, 1.807) is 31.4 Å². The van der Waals surface area contributed by atoms with Crippen molar-refractivity contribution in [3.8, 4) is 23.1 Å². The highest BCUT2D eigenvalue weighted by Gasteiger charge is 2.11. The van der Waals surface area contributed by atoms with E-state index < -0.39 is 0 Å². The fourth-order valence-electron chi connectivity index (χ4n) is 2.68. The highest BCUT2D eigenvalue weighted by atomic mass is 16.5. The Labute approximate surface area is 166 Å². The summed E-state index contributed by atoms with van der Waals surface area (Å²) in [6.07, 6.45) is 2.65. The Morgan fingerprint density at radius 3 is 2.69 bits per heavy atom. The zero-order chi connectivity index (χ0) is 20.2. The molecular weight excluding hydrogens is 372 g/mol. The SMILES string of the molecule is CCCOc1ccc(COc2ccc3oc(-c4ccc(=O)n(C)n4)nc3c2)nc1. The molecule has 0 saturated heterocycles. The van der Waals surface area contributed by atoms with Crippen LogP contribution in [0.15, 0.2) is 57.9 Å². The second kappa shape index (κ2) is 8.14. The lowest BCUT2D eigenvalue weighted by atomic mass is 10.3. The summed E-state index contributed by atoms with van der Waals surface area (Å²) in [7, 11) is 1.58. The van der Waals surface area contributed by atoms with E-state index in [1.165, 1.54) is 10.7 Å². The summed E-state index contributed by atoms with van der Waals surface area (Å²) in [6.45, 7) is 3.06. The number of benzene rings is 1. The molecule has 1 aromatic carbocycles. The standard InChI is InChI=1S/C21H20N4O4/c1-3-10-27-16-5-4-14(22-12-16)13-28-15-6-8-19-18(11-15)23-21(29-19)17-7-9-20(26)25(2)24-17/h4-9,11-12H,3,10,13H2,1-2H3. The molecule has 0 aliphatic rings. The first kappa shape index (κ1) is 18.7. The number of pyridine rings is 1. The molecule has 0 atom stereocenters. The average Bonchev–Trinajstić information content (AvgIpc) is 3.17. The minimum absolute atomic E-state index is 0.195. The topological polar surface area (TPSA) is 92.3 Å². The third-order valence-electron chi connectivity index (χ3n) is 4.20. The van der Waals surface area contributed by atoms with E-state index in [1.807, 2.05) is 18.2 Å². The minimum Gasteiger partial charge on any atom is -0.492 e. The van der Waals surface area contributed by atoms with Gasteiger partial charge in [-0.05, 0) is 36.8 Å². The molecule has 3 heterocycles. The van der Waals surface area contributed by atoms with E-state index in [2.05, 4.69) is 22.0 Å². The van der Waals surface area contributed by atoms with Crippen LogP contribution in [0, 0.1) is 0 Å². The smallest absolute Gasteiger partial charge is 0.266 e. The number of nitrogens with zero attached hydrogens (tertiary/aromatic N) is 4. The number of aryl methyl sites for hydroxylation is 1. The van der Waals surface area contributed by atoms with Gasteiger partial charge in [-0.15, -0.1) is 0 Å². The molecule has 148 valence electrons. The molecule has 0 aliphatic carbocycles. The van der Waals surface area contributed by atoms with Crippen LogP contribution in [0.1, 0.15) is 19.0 Å². The number of fused-ring (bicyclic) bond motifs is 1. The van der Waals surface area contributed by atoms with Gasteiger partial charge in [0, 0.05) is 19.2 Å². The van der Waals surface area contributed by atoms with Crippen LogP contribution in [-0.2, 0) is 13.7 Å². The lowest BCUT2D eigenvalue weighted by molar-refractivity contribution is 0.298. The van der Waals surface area contributed by atoms with Gasteiger partial charge in [0.1, 0.15) is 29.3 Å². The number of rotatable bonds is 7. The highest BCUT2D eigenvalue weighted by Crippen LogP contribution is 2.26. The van der Waals surface area contributed by atoms with Gasteiger partial charge < -0.3 is 13.9 Å². The van der Waals surface area contributed by atoms with Crippen molar-refractivity contribution in [3.63, 3.8) is 0 Å². The van der Waals surface area contributed by atoms with Crippen LogP contribution in [0.5, 0.6) is 11.5 Å². The molecule has 0 unspecified atom stereocenters. The van der Waals surface area contributed by atoms with E-state index in [0.29, 0.717) is 41.6 Å². The quantitative estimate of drug-likeness (QED) is 0.476. The highest BCUT2D eigenvalue weighted by molar-refractivity contribution is 5.77. The van der Waals surface area contributed by atoms with E-state index in [9.17, 15) is 4.79 Å². The Hall–Kier alpha value is -3.68. The maximum absolute atomic E-state index is 11.5. The van der Waals surface area contributed by atoms with E-state index >= 15 is 0 Å². The molecule has 0 aliphatic heterocycles. The summed E-state index contributed by atoms with van der Waals surface area (Å²) in [5.41, 5.74) is 2.34. The fraction of sp³-hybridized carbons (Fsp3) is 0.238. The molecule has 4 aromatic rings. The fourth-order valence-corrected chi connectivity index (χ4v) is 2.68. The molecule has 0 fully saturated rings. The normalized spacial score (nSPS) is 11.0. The van der Waals surface area contributed by atoms with Gasteiger partial charge in [0.05, 0.1) is 18.5 Å². The van der Waals surface area contributed by atoms with Crippen molar-refractivity contribution in [1.29, 1.82) is 0 Å². The Kier molecular flexibility index (Phi) is 5.24. The van der Waals surface area contributed by atoms with E-state index in [-0.39, 0.29) is 5.56 Å². The molecule has 0 radical (unpaired) electrons. The van der Waals surface area contributed by atoms with Gasteiger partial charge in [0.25, 0.3) is 5.56 Å². The van der Waals surface area contributed by atoms with Gasteiger partial charge in [-0.25, -0.2) is 9.67 Å². The van der Waals surface area contributed by atoms with Crippen LogP contribution in [0.25, 0.3) is 22.7 Å². The van der Waals surface area contributed by atoms with Gasteiger partial charge in [0.2, 0.25) is 5.89 Å². The second-order valence-corrected chi connectivity index (χ2v) is 6.45. The second-order valence-electron chi connectivity index (χ2n) is 6.45. The van der Waals surface area contributed by atoms with Gasteiger partial charge in [-0.2, -0.15) is 5.10 Å². The van der Waals surface area contributed by atoms with Crippen molar-refractivity contribution in [2.75, 3.05) is 6.61 Å². The first-order valence-corrected chi connectivity index (χ1v) is 9.28. The Morgan fingerprint density at radius 2 is 1.93 bits per heavy atom. The monoisotopic (exact) mass is 392 g/mol. The lowest BCUT2D eigenvalue weighted by Gasteiger charge is -2.07. The summed E-state index contributed by atoms with van der Waals surface area (Å²) >= 11 is 0. The van der Waals surface area contributed by atoms with Crippen molar-refractivity contribution in [2.24, 2.45) is 7.05 Å². The predicted molar refractivity (Wildman–Crippen MR) is 107 cm³/mol. The van der Waals surface area contributed by atoms with Crippen LogP contribution >= 0.6 is 0 Å². The third kappa shape index (κ3) is 4.26. The molecule has 0 amide bonds. The first-order valence-electron chi connectivity index (χ1n) is 9.28. The molecule has 8 heteroatoms. The number of oxazole rings is 1. The van der Waals surface area contributed by atoms with Gasteiger partial charge in [-0.1, -0.05) is 6.92 Å². The van der Waals surface area contributed by atoms with Crippen LogP contribution < -0.4 is 15.0 Å². The minimum atomic E-state index is -0.195. The zero-order valence-electron chi connectivity index (χ0n) is 16.2. The van der Waals surface area contributed by atoms with E-state index in [0.717, 1.165) is 17.9 Å². The summed E-state index contributed by atoms with van der Waals surface area (Å²) in [5.74, 6) is 1.75. The molecule has 4 rings (SSSR count). The molecule has 8 nitrogen and oxygen atoms in total. The van der Waals surface area contributed by atoms with Crippen molar-refractivity contribution < 1.29 is 13.9 Å². The predicted octanol–water partition coefficient (Wildman–Crippen LogP) is 3.35. The lowest BCUT2D eigenvalue weighted by Crippen LogP contribution is -2.18. The summed E-state index contributed by atoms with van der Waals surface area (Å²) < 4.78 is 18.3. The number of hydrogen-bond donors (Lipinski definition) is 0. The molecule has 0 spiro atoms. The van der Waals surface area contributed by atoms with Crippen molar-refractivity contribution in [2.45, 2.75) is 20.0 Å². The van der Waals surface area contributed by atoms with Gasteiger partial charge in [-0.3, -0.25) is 9.78 Å². The molecular formula is C21H20N4O4. The zero-order valence-corrected chi connectivity index (χ0v) is 16.2. The Bertz CT molecular complexity index is 1180. The third-order valence-corrected chi connectivity index (χ3v) is 4.20. The Morgan fingerprint density at radius 1 is 1.07 bits per heavy atom. The van der Waals surface area contributed by atoms with Crippen LogP contribution in [0.4, 0.5) is 0 Å². The summed E-state index contributed by atoms with van der Waals surface area (Å²) in [6, 6.07) is 12.2. The number of ether oxygens (including phenoxy) is 2. The van der Waals surface area contributed by atoms with Crippen molar-refractivity contribution in [1.82, 2.24) is 19.7 Å². The molecule has 0 saturated carbocycles. The number of hydrogen-bond acceptors (Lipinski definition) is 7.